The average molecular weight is 651 g/mol. The highest BCUT2D eigenvalue weighted by molar-refractivity contribution is 5.54. The molecule has 0 aromatic heterocycles. The number of rotatable bonds is 4. The van der Waals surface area contributed by atoms with Gasteiger partial charge < -0.3 is 0 Å². The summed E-state index contributed by atoms with van der Waals surface area (Å²) >= 11 is 0. The first-order chi connectivity index (χ1) is 23.7. The van der Waals surface area contributed by atoms with Gasteiger partial charge in [0, 0.05) is 22.3 Å². The smallest absolute Gasteiger partial charge is 0.0292 e. The topological polar surface area (TPSA) is 0 Å². The minimum atomic E-state index is 0.0744. The number of hydrogen-bond acceptors (Lipinski definition) is 0. The highest BCUT2D eigenvalue weighted by Crippen LogP contribution is 2.76. The van der Waals surface area contributed by atoms with E-state index in [1.54, 1.807) is 11.1 Å². The highest BCUT2D eigenvalue weighted by atomic mass is 14.7. The van der Waals surface area contributed by atoms with Gasteiger partial charge in [-0.15, -0.1) is 25.7 Å². The van der Waals surface area contributed by atoms with Gasteiger partial charge in [0.2, 0.25) is 0 Å². The van der Waals surface area contributed by atoms with E-state index in [0.717, 1.165) is 22.3 Å². The van der Waals surface area contributed by atoms with E-state index in [2.05, 4.69) is 112 Å². The summed E-state index contributed by atoms with van der Waals surface area (Å²) in [6.45, 7) is 10.3. The molecule has 4 atom stereocenters. The quantitative estimate of drug-likeness (QED) is 0.247. The van der Waals surface area contributed by atoms with Crippen LogP contribution in [0.3, 0.4) is 0 Å². The molecule has 250 valence electrons. The Morgan fingerprint density at radius 2 is 0.700 bits per heavy atom. The van der Waals surface area contributed by atoms with E-state index >= 15 is 0 Å². The average Bonchev–Trinajstić information content (AvgIpc) is 3.04. The van der Waals surface area contributed by atoms with Crippen LogP contribution in [0, 0.1) is 71.0 Å². The van der Waals surface area contributed by atoms with E-state index in [0.29, 0.717) is 0 Å². The third-order valence-electron chi connectivity index (χ3n) is 15.1. The van der Waals surface area contributed by atoms with E-state index in [-0.39, 0.29) is 43.3 Å². The first-order valence-electron chi connectivity index (χ1n) is 18.9. The van der Waals surface area contributed by atoms with Crippen molar-refractivity contribution in [2.24, 2.45) is 21.7 Å². The molecule has 8 bridgehead atoms. The van der Waals surface area contributed by atoms with Gasteiger partial charge in [0.1, 0.15) is 0 Å². The summed E-state index contributed by atoms with van der Waals surface area (Å²) in [6, 6.07) is 23.2. The fourth-order valence-corrected chi connectivity index (χ4v) is 16.2. The molecule has 0 nitrogen and oxygen atoms in total. The van der Waals surface area contributed by atoms with Gasteiger partial charge >= 0.3 is 0 Å². The van der Waals surface area contributed by atoms with Crippen LogP contribution in [0.4, 0.5) is 0 Å². The monoisotopic (exact) mass is 650 g/mol. The van der Waals surface area contributed by atoms with Crippen molar-refractivity contribution in [2.75, 3.05) is 0 Å². The van der Waals surface area contributed by atoms with Gasteiger partial charge in [0.05, 0.1) is 0 Å². The molecule has 8 aliphatic rings. The lowest BCUT2D eigenvalue weighted by atomic mass is 9.33. The third-order valence-corrected chi connectivity index (χ3v) is 15.1. The summed E-state index contributed by atoms with van der Waals surface area (Å²) in [4.78, 5) is 0. The van der Waals surface area contributed by atoms with Crippen molar-refractivity contribution in [1.82, 2.24) is 0 Å². The molecule has 3 aromatic rings. The molecule has 0 saturated heterocycles. The van der Waals surface area contributed by atoms with Gasteiger partial charge in [0.15, 0.2) is 0 Å². The van der Waals surface area contributed by atoms with Gasteiger partial charge in [-0.25, -0.2) is 0 Å². The lowest BCUT2D eigenvalue weighted by molar-refractivity contribution is -0.128. The van der Waals surface area contributed by atoms with Crippen LogP contribution >= 0.6 is 0 Å². The molecular weight excluding hydrogens is 601 g/mol. The number of benzene rings is 3. The second kappa shape index (κ2) is 9.81. The van der Waals surface area contributed by atoms with Crippen LogP contribution in [0.5, 0.6) is 0 Å². The fourth-order valence-electron chi connectivity index (χ4n) is 16.2. The molecule has 8 saturated carbocycles. The second-order valence-electron chi connectivity index (χ2n) is 20.2. The summed E-state index contributed by atoms with van der Waals surface area (Å²) in [5, 5.41) is 0. The van der Waals surface area contributed by atoms with E-state index in [9.17, 15) is 0 Å². The van der Waals surface area contributed by atoms with Gasteiger partial charge in [-0.2, -0.15) is 0 Å². The van der Waals surface area contributed by atoms with E-state index < -0.39 is 0 Å². The molecular formula is C50H50. The molecule has 0 heterocycles. The van der Waals surface area contributed by atoms with Crippen molar-refractivity contribution in [3.8, 4) is 49.4 Å². The maximum absolute atomic E-state index is 6.20. The van der Waals surface area contributed by atoms with Crippen LogP contribution in [0.25, 0.3) is 0 Å². The highest BCUT2D eigenvalue weighted by Gasteiger charge is 2.68. The Balaban J connectivity index is 1.12. The fraction of sp³-hybridized carbons (Fsp3) is 0.480. The molecule has 50 heavy (non-hydrogen) atoms. The predicted molar refractivity (Wildman–Crippen MR) is 206 cm³/mol. The molecule has 4 unspecified atom stereocenters. The van der Waals surface area contributed by atoms with Crippen molar-refractivity contribution in [3.05, 3.63) is 105 Å². The summed E-state index contributed by atoms with van der Waals surface area (Å²) in [5.41, 5.74) is 11.2. The Kier molecular flexibility index (Phi) is 6.25. The Morgan fingerprint density at radius 1 is 0.380 bits per heavy atom. The van der Waals surface area contributed by atoms with Crippen molar-refractivity contribution in [1.29, 1.82) is 0 Å². The standard InChI is InChI=1S/C50H50/c1-9-35-13-19-41(37(11-3)21-35)49-29-43(5)23-44(6,30-49)26-47(25-43,33-49)39-15-17-40(18-16-39)48-27-45(7)24-46(8,28-48)32-50(31-45,34-48)42-20-14-36(10-2)22-38(42)12-4/h1-4,13-22H,23-34H2,5-8H3. The maximum Gasteiger partial charge on any atom is 0.0292 e. The molecule has 0 amide bonds. The van der Waals surface area contributed by atoms with Crippen molar-refractivity contribution >= 4 is 0 Å². The van der Waals surface area contributed by atoms with E-state index in [1.807, 2.05) is 0 Å². The zero-order valence-corrected chi connectivity index (χ0v) is 30.6. The largest absolute Gasteiger partial charge is 0.115 e. The lowest BCUT2D eigenvalue weighted by Crippen LogP contribution is -2.63. The maximum atomic E-state index is 6.20. The van der Waals surface area contributed by atoms with Crippen LogP contribution in [0.1, 0.15) is 149 Å². The Morgan fingerprint density at radius 3 is 1.00 bits per heavy atom. The molecule has 0 heteroatoms. The van der Waals surface area contributed by atoms with Gasteiger partial charge in [-0.1, -0.05) is 87.8 Å². The lowest BCUT2D eigenvalue weighted by Gasteiger charge is -2.70. The Bertz CT molecular complexity index is 1950. The van der Waals surface area contributed by atoms with Crippen LogP contribution in [0.2, 0.25) is 0 Å². The zero-order valence-electron chi connectivity index (χ0n) is 30.6. The molecule has 8 fully saturated rings. The number of hydrogen-bond donors (Lipinski definition) is 0. The summed E-state index contributed by atoms with van der Waals surface area (Å²) < 4.78 is 0. The van der Waals surface area contributed by atoms with Gasteiger partial charge in [-0.3, -0.25) is 0 Å². The van der Waals surface area contributed by atoms with Crippen LogP contribution < -0.4 is 0 Å². The Labute approximate surface area is 301 Å². The van der Waals surface area contributed by atoms with E-state index in [1.165, 1.54) is 88.2 Å². The van der Waals surface area contributed by atoms with Crippen LogP contribution in [-0.2, 0) is 21.7 Å². The summed E-state index contributed by atoms with van der Waals surface area (Å²) in [6.07, 6.45) is 38.9. The normalized spacial score (nSPS) is 41.6. The molecule has 0 N–H and O–H groups in total. The van der Waals surface area contributed by atoms with Crippen molar-refractivity contribution in [3.63, 3.8) is 0 Å². The van der Waals surface area contributed by atoms with Crippen molar-refractivity contribution in [2.45, 2.75) is 126 Å². The molecule has 3 aromatic carbocycles. The van der Waals surface area contributed by atoms with Crippen LogP contribution in [-0.4, -0.2) is 0 Å². The Hall–Kier alpha value is -4.10. The minimum absolute atomic E-state index is 0.0744. The van der Waals surface area contributed by atoms with E-state index in [4.69, 9.17) is 25.7 Å². The third kappa shape index (κ3) is 4.37. The SMILES string of the molecule is C#Cc1ccc(C23CC4(C)CC(C)(CC(c5ccc(C67CC8(C)CC(C)(C6)CC(c6ccc(C#C)cc6C#C)(C8)C7)cc5)(C4)C2)C3)c(C#C)c1. The van der Waals surface area contributed by atoms with Gasteiger partial charge in [0.25, 0.3) is 0 Å². The summed E-state index contributed by atoms with van der Waals surface area (Å²) in [7, 11) is 0. The van der Waals surface area contributed by atoms with Crippen molar-refractivity contribution < 1.29 is 0 Å². The molecule has 8 aliphatic carbocycles. The van der Waals surface area contributed by atoms with Crippen LogP contribution in [0.15, 0.2) is 60.7 Å². The predicted octanol–water partition coefficient (Wildman–Crippen LogP) is 10.8. The molecule has 11 rings (SSSR count). The second-order valence-corrected chi connectivity index (χ2v) is 20.2. The summed E-state index contributed by atoms with van der Waals surface area (Å²) in [5.74, 6) is 11.8. The first kappa shape index (κ1) is 31.9. The van der Waals surface area contributed by atoms with Gasteiger partial charge in [-0.05, 0) is 167 Å². The first-order valence-corrected chi connectivity index (χ1v) is 18.9. The number of terminal acetylenes is 4. The molecule has 0 spiro atoms. The molecule has 0 aliphatic heterocycles. The molecule has 0 radical (unpaired) electrons. The minimum Gasteiger partial charge on any atom is -0.115 e. The zero-order chi connectivity index (χ0) is 35.0.